The lowest BCUT2D eigenvalue weighted by Crippen LogP contribution is -2.39. The van der Waals surface area contributed by atoms with Crippen molar-refractivity contribution in [2.24, 2.45) is 0 Å². The fourth-order valence-electron chi connectivity index (χ4n) is 9.44. The van der Waals surface area contributed by atoms with Crippen molar-refractivity contribution in [3.63, 3.8) is 0 Å². The molecule has 0 aromatic carbocycles. The number of aliphatic hydroxyl groups excluding tert-OH is 5. The van der Waals surface area contributed by atoms with Crippen LogP contribution in [0.4, 0.5) is 11.9 Å². The number of nitrogens with two attached hydrogens (primary N) is 2. The maximum Gasteiger partial charge on any atom is 0.694 e. The summed E-state index contributed by atoms with van der Waals surface area (Å²) in [5.41, 5.74) is 4.32. The molecule has 86 heavy (non-hydrogen) atoms. The zero-order valence-electron chi connectivity index (χ0n) is 42.6. The van der Waals surface area contributed by atoms with Gasteiger partial charge < -0.3 is 70.6 Å². The first-order valence-corrected chi connectivity index (χ1v) is 30.0. The second kappa shape index (κ2) is 24.3. The molecule has 10 heterocycles. The fraction of sp³-hybridized carbons (Fsp3) is 0.526. The number of nitrogens with zero attached hydrogens (tertiary/aromatic N) is 8. The van der Waals surface area contributed by atoms with E-state index in [2.05, 4.69) is 29.9 Å². The smallest absolute Gasteiger partial charge is 0.387 e. The number of rotatable bonds is 22. The largest absolute Gasteiger partial charge is 0.694 e. The monoisotopic (exact) mass is 1300 g/mol. The van der Waals surface area contributed by atoms with E-state index in [9.17, 15) is 92.1 Å². The summed E-state index contributed by atoms with van der Waals surface area (Å²) < 4.78 is 115. The molecular formula is C38H47N14O30P4+. The standard InChI is InChI=1S/C38H46N14O30P4/c39-35-45-27-17(29(60)47-35)41-9-51(27)33-22(58)24(12(77-33)5-72-83(64)65)80-85(68,69)75-8-14-26(23(59)34(79-14)52-10-42-18-28(52)46-36(40)48-30(18)61)82-86(70,71)74-7-13-25(21(57)32(78-13)50-4-2-16(54)44-38(50)63)81-84(66,67)73-6-11-19(55)20(56)31(76-11)49-3-1-15(53)43-37(49)62/h1-4,9-14,19-26,31-34,55-59H,5-8H2,(H11-,39,40,43,44,45,46,47,48,53,54,60,61,62,63,64,65,66,67,68,69,70,71)/p+1/t11-,12-,13-,14-,19-,20-,21-,22-,23-,24-,25-,26-,31-,32-,33-,34-/m1/s1. The maximum atomic E-state index is 14.0. The highest BCUT2D eigenvalue weighted by atomic mass is 31.2. The van der Waals surface area contributed by atoms with Crippen LogP contribution in [0.3, 0.4) is 0 Å². The molecule has 44 nitrogen and oxygen atoms in total. The van der Waals surface area contributed by atoms with Crippen molar-refractivity contribution in [1.29, 1.82) is 0 Å². The summed E-state index contributed by atoms with van der Waals surface area (Å²) in [7, 11) is -20.5. The van der Waals surface area contributed by atoms with Gasteiger partial charge in [0.15, 0.2) is 47.2 Å². The van der Waals surface area contributed by atoms with Gasteiger partial charge in [0, 0.05) is 29.1 Å². The van der Waals surface area contributed by atoms with E-state index in [1.165, 1.54) is 0 Å². The van der Waals surface area contributed by atoms with Gasteiger partial charge in [0.25, 0.3) is 22.2 Å². The molecule has 4 unspecified atom stereocenters. The summed E-state index contributed by atoms with van der Waals surface area (Å²) in [6, 6.07) is 1.68. The van der Waals surface area contributed by atoms with Crippen molar-refractivity contribution in [3.05, 3.63) is 99.6 Å². The molecule has 0 aliphatic carbocycles. The number of hydrogen-bond donors (Lipinski definition) is 15. The van der Waals surface area contributed by atoms with Crippen LogP contribution in [0.15, 0.2) is 65.9 Å². The number of aliphatic hydroxyl groups is 5. The normalized spacial score (nSPS) is 31.8. The van der Waals surface area contributed by atoms with Crippen molar-refractivity contribution in [2.45, 2.75) is 98.2 Å². The van der Waals surface area contributed by atoms with Gasteiger partial charge in [-0.05, 0) is 0 Å². The molecule has 4 aliphatic heterocycles. The average Bonchev–Trinajstić information content (AvgIpc) is 1.81. The van der Waals surface area contributed by atoms with Crippen molar-refractivity contribution in [3.8, 4) is 0 Å². The molecule has 10 rings (SSSR count). The van der Waals surface area contributed by atoms with Gasteiger partial charge in [-0.15, -0.1) is 9.42 Å². The van der Waals surface area contributed by atoms with E-state index in [0.29, 0.717) is 9.13 Å². The second-order valence-electron chi connectivity index (χ2n) is 18.8. The minimum atomic E-state index is -5.83. The van der Waals surface area contributed by atoms with E-state index in [-0.39, 0.29) is 22.3 Å². The zero-order valence-corrected chi connectivity index (χ0v) is 46.2. The van der Waals surface area contributed by atoms with Gasteiger partial charge in [0.2, 0.25) is 11.9 Å². The number of ether oxygens (including phenoxy) is 4. The van der Waals surface area contributed by atoms with E-state index in [0.717, 1.165) is 46.3 Å². The van der Waals surface area contributed by atoms with Gasteiger partial charge in [-0.25, -0.2) is 33.3 Å². The molecule has 4 saturated heterocycles. The molecule has 17 N–H and O–H groups in total. The lowest BCUT2D eigenvalue weighted by Gasteiger charge is -2.26. The van der Waals surface area contributed by atoms with Gasteiger partial charge >= 0.3 is 43.1 Å². The number of phosphoric ester groups is 3. The first-order chi connectivity index (χ1) is 40.5. The van der Waals surface area contributed by atoms with Crippen LogP contribution in [0.1, 0.15) is 24.9 Å². The summed E-state index contributed by atoms with van der Waals surface area (Å²) in [6.07, 6.45) is -28.1. The molecule has 0 saturated carbocycles. The van der Waals surface area contributed by atoms with E-state index in [1.54, 1.807) is 0 Å². The van der Waals surface area contributed by atoms with Gasteiger partial charge in [0.1, 0.15) is 79.9 Å². The molecular weight excluding hydrogens is 1260 g/mol. The lowest BCUT2D eigenvalue weighted by molar-refractivity contribution is -0.0650. The highest BCUT2D eigenvalue weighted by molar-refractivity contribution is 7.48. The molecule has 4 fully saturated rings. The minimum Gasteiger partial charge on any atom is -0.387 e. The van der Waals surface area contributed by atoms with Gasteiger partial charge in [0.05, 0.1) is 32.5 Å². The summed E-state index contributed by atoms with van der Waals surface area (Å²) in [4.78, 5) is 141. The molecule has 6 aromatic rings. The number of anilines is 2. The number of phosphoric acid groups is 3. The number of imidazole rings is 2. The first-order valence-electron chi connectivity index (χ1n) is 24.3. The molecule has 48 heteroatoms. The Morgan fingerprint density at radius 1 is 0.523 bits per heavy atom. The number of aromatic nitrogens is 12. The molecule has 4 aliphatic rings. The van der Waals surface area contributed by atoms with Crippen LogP contribution in [0.2, 0.25) is 0 Å². The van der Waals surface area contributed by atoms with Crippen LogP contribution in [-0.2, 0) is 68.9 Å². The highest BCUT2D eigenvalue weighted by Gasteiger charge is 2.55. The molecule has 20 atom stereocenters. The Labute approximate surface area is 472 Å². The van der Waals surface area contributed by atoms with E-state index < -0.39 is 202 Å². The summed E-state index contributed by atoms with van der Waals surface area (Å²) in [5, 5.41) is 56.0. The Bertz CT molecular complexity index is 4080. The second-order valence-corrected chi connectivity index (χ2v) is 23.8. The predicted octanol–water partition coefficient (Wildman–Crippen LogP) is -6.92. The van der Waals surface area contributed by atoms with E-state index in [1.807, 2.05) is 9.97 Å². The topological polar surface area (TPSA) is 641 Å². The molecule has 6 aromatic heterocycles. The van der Waals surface area contributed by atoms with Crippen LogP contribution >= 0.6 is 31.7 Å². The Hall–Kier alpha value is -6.35. The van der Waals surface area contributed by atoms with Crippen LogP contribution < -0.4 is 45.1 Å². The van der Waals surface area contributed by atoms with Gasteiger partial charge in [-0.3, -0.25) is 84.5 Å². The third-order valence-electron chi connectivity index (χ3n) is 13.3. The Morgan fingerprint density at radius 3 is 1.26 bits per heavy atom. The number of fused-ring (bicyclic) bond motifs is 2. The third-order valence-corrected chi connectivity index (χ3v) is 16.6. The fourth-order valence-corrected chi connectivity index (χ4v) is 12.6. The summed E-state index contributed by atoms with van der Waals surface area (Å²) in [6.45, 7) is -4.67. The van der Waals surface area contributed by atoms with Crippen molar-refractivity contribution >= 4 is 65.9 Å². The number of nitrogen functional groups attached to an aromatic ring is 2. The molecule has 0 spiro atoms. The maximum absolute atomic E-state index is 14.0. The summed E-state index contributed by atoms with van der Waals surface area (Å²) in [5.74, 6) is -0.877. The van der Waals surface area contributed by atoms with E-state index >= 15 is 0 Å². The van der Waals surface area contributed by atoms with Crippen LogP contribution in [0.25, 0.3) is 22.3 Å². The molecule has 0 radical (unpaired) electrons. The van der Waals surface area contributed by atoms with Crippen LogP contribution in [0, 0.1) is 0 Å². The third kappa shape index (κ3) is 13.0. The Balaban J connectivity index is 0.875. The average molecular weight is 1300 g/mol. The number of aromatic amines is 4. The Kier molecular flexibility index (Phi) is 17.7. The number of nitrogens with one attached hydrogen (secondary N) is 4. The number of hydrogen-bond acceptors (Lipinski definition) is 32. The van der Waals surface area contributed by atoms with Crippen molar-refractivity contribution in [1.82, 2.24) is 58.1 Å². The number of H-pyrrole nitrogens is 4. The predicted molar refractivity (Wildman–Crippen MR) is 271 cm³/mol. The molecule has 0 bridgehead atoms. The SMILES string of the molecule is Nc1nc2c(ncn2[C@@H]2O[C@H](CO[P+](=O)O)[C@@H](OP(=O)(O)OC[C@H]3O[C@@H](n4cnc5c(=O)[nH]c(N)nc54)[C@H](O)[C@@H]3OP(=O)(O)OC[C@H]3O[C@@H](n4ccc(=O)[nH]c4=O)[C@H](O)[C@@H]3OP(=O)(O)OC[C@H]3O[C@@H](n4ccc(=O)[nH]c4=O)[C@H](O)[C@@H]3O)[C@H]2O)c(=O)[nH]1. The Morgan fingerprint density at radius 2 is 0.872 bits per heavy atom. The van der Waals surface area contributed by atoms with Crippen molar-refractivity contribution in [2.75, 3.05) is 37.9 Å². The van der Waals surface area contributed by atoms with Gasteiger partial charge in [-0.1, -0.05) is 0 Å². The quantitative estimate of drug-likeness (QED) is 0.0281. The van der Waals surface area contributed by atoms with Gasteiger partial charge in [-0.2, -0.15) is 9.97 Å². The van der Waals surface area contributed by atoms with Crippen molar-refractivity contribution < 1.29 is 114 Å². The van der Waals surface area contributed by atoms with Crippen LogP contribution in [0.5, 0.6) is 0 Å². The molecule has 468 valence electrons. The lowest BCUT2D eigenvalue weighted by atomic mass is 10.1. The minimum absolute atomic E-state index is 0.268. The van der Waals surface area contributed by atoms with Crippen LogP contribution in [-0.4, -0.2) is 203 Å². The first kappa shape index (κ1) is 62.7. The highest BCUT2D eigenvalue weighted by Crippen LogP contribution is 2.54. The summed E-state index contributed by atoms with van der Waals surface area (Å²) >= 11 is 0. The van der Waals surface area contributed by atoms with E-state index in [4.69, 9.17) is 62.1 Å². The molecule has 0 amide bonds. The zero-order chi connectivity index (χ0) is 62.1.